The molecule has 1 heterocycles. The molecule has 0 saturated carbocycles. The minimum Gasteiger partial charge on any atom is -0.293 e. The summed E-state index contributed by atoms with van der Waals surface area (Å²) in [6, 6.07) is 25.9. The van der Waals surface area contributed by atoms with E-state index in [0.29, 0.717) is 18.0 Å². The molecule has 4 rings (SSSR count). The zero-order chi connectivity index (χ0) is 21.8. The smallest absolute Gasteiger partial charge is 0.257 e. The third-order valence-corrected chi connectivity index (χ3v) is 5.83. The Morgan fingerprint density at radius 3 is 2.55 bits per heavy atom. The molecular formula is C26H26ClN3O. The largest absolute Gasteiger partial charge is 0.293 e. The van der Waals surface area contributed by atoms with Gasteiger partial charge in [0.15, 0.2) is 0 Å². The first-order chi connectivity index (χ1) is 15.0. The van der Waals surface area contributed by atoms with Crippen molar-refractivity contribution in [3.8, 4) is 0 Å². The molecule has 0 N–H and O–H groups in total. The van der Waals surface area contributed by atoms with Gasteiger partial charge in [-0.25, -0.2) is 5.01 Å². The Morgan fingerprint density at radius 2 is 1.81 bits per heavy atom. The summed E-state index contributed by atoms with van der Waals surface area (Å²) >= 11 is 6.51. The van der Waals surface area contributed by atoms with Gasteiger partial charge in [0.25, 0.3) is 5.91 Å². The molecule has 1 unspecified atom stereocenters. The number of hydrazone groups is 1. The first-order valence-corrected chi connectivity index (χ1v) is 10.8. The molecule has 158 valence electrons. The van der Waals surface area contributed by atoms with Crippen molar-refractivity contribution < 1.29 is 4.79 Å². The van der Waals surface area contributed by atoms with Crippen LogP contribution in [0.15, 0.2) is 84.0 Å². The van der Waals surface area contributed by atoms with Gasteiger partial charge in [-0.3, -0.25) is 9.69 Å². The number of halogens is 1. The van der Waals surface area contributed by atoms with E-state index in [1.54, 1.807) is 5.01 Å². The van der Waals surface area contributed by atoms with Gasteiger partial charge < -0.3 is 0 Å². The van der Waals surface area contributed by atoms with Gasteiger partial charge in [-0.2, -0.15) is 5.10 Å². The lowest BCUT2D eigenvalue weighted by Gasteiger charge is -2.25. The van der Waals surface area contributed by atoms with Gasteiger partial charge in [0.05, 0.1) is 18.3 Å². The van der Waals surface area contributed by atoms with E-state index in [1.807, 2.05) is 66.5 Å². The number of hydrogen-bond donors (Lipinski definition) is 0. The minimum atomic E-state index is -0.207. The summed E-state index contributed by atoms with van der Waals surface area (Å²) in [6.45, 7) is 3.04. The van der Waals surface area contributed by atoms with Crippen LogP contribution in [0.25, 0.3) is 0 Å². The second-order valence-corrected chi connectivity index (χ2v) is 8.46. The molecule has 0 saturated heterocycles. The van der Waals surface area contributed by atoms with Crippen molar-refractivity contribution in [1.82, 2.24) is 9.91 Å². The SMILES string of the molecule is Cc1cccc(C2=NN(C(=O)CN(C)Cc3ccccc3)C(c3ccccc3Cl)C2)c1. The molecular weight excluding hydrogens is 406 g/mol. The van der Waals surface area contributed by atoms with Gasteiger partial charge in [0.1, 0.15) is 0 Å². The van der Waals surface area contributed by atoms with E-state index < -0.39 is 0 Å². The van der Waals surface area contributed by atoms with Crippen LogP contribution in [0.5, 0.6) is 0 Å². The molecule has 1 atom stereocenters. The zero-order valence-corrected chi connectivity index (χ0v) is 18.6. The van der Waals surface area contributed by atoms with Gasteiger partial charge in [0.2, 0.25) is 0 Å². The Kier molecular flexibility index (Phi) is 6.50. The topological polar surface area (TPSA) is 35.9 Å². The van der Waals surface area contributed by atoms with Crippen LogP contribution in [0.2, 0.25) is 5.02 Å². The van der Waals surface area contributed by atoms with E-state index in [-0.39, 0.29) is 18.5 Å². The highest BCUT2D eigenvalue weighted by atomic mass is 35.5. The molecule has 3 aromatic carbocycles. The van der Waals surface area contributed by atoms with Crippen LogP contribution in [0, 0.1) is 6.92 Å². The highest BCUT2D eigenvalue weighted by Crippen LogP contribution is 2.36. The minimum absolute atomic E-state index is 0.0361. The number of carbonyl (C=O) groups is 1. The fourth-order valence-corrected chi connectivity index (χ4v) is 4.24. The van der Waals surface area contributed by atoms with E-state index in [4.69, 9.17) is 16.7 Å². The highest BCUT2D eigenvalue weighted by molar-refractivity contribution is 6.31. The quantitative estimate of drug-likeness (QED) is 0.519. The zero-order valence-electron chi connectivity index (χ0n) is 17.8. The van der Waals surface area contributed by atoms with Crippen LogP contribution in [-0.4, -0.2) is 35.1 Å². The molecule has 0 bridgehead atoms. The van der Waals surface area contributed by atoms with Crippen LogP contribution in [0.3, 0.4) is 0 Å². The second kappa shape index (κ2) is 9.46. The molecule has 0 fully saturated rings. The molecule has 5 heteroatoms. The Labute approximate surface area is 188 Å². The van der Waals surface area contributed by atoms with Crippen molar-refractivity contribution in [2.75, 3.05) is 13.6 Å². The van der Waals surface area contributed by atoms with Crippen molar-refractivity contribution in [1.29, 1.82) is 0 Å². The number of benzene rings is 3. The van der Waals surface area contributed by atoms with Gasteiger partial charge in [0, 0.05) is 18.0 Å². The van der Waals surface area contributed by atoms with E-state index >= 15 is 0 Å². The predicted octanol–water partition coefficient (Wildman–Crippen LogP) is 5.46. The summed E-state index contributed by atoms with van der Waals surface area (Å²) in [7, 11) is 1.96. The third-order valence-electron chi connectivity index (χ3n) is 5.48. The van der Waals surface area contributed by atoms with Crippen molar-refractivity contribution in [2.45, 2.75) is 25.9 Å². The van der Waals surface area contributed by atoms with Crippen LogP contribution < -0.4 is 0 Å². The van der Waals surface area contributed by atoms with Crippen LogP contribution >= 0.6 is 11.6 Å². The van der Waals surface area contributed by atoms with Crippen molar-refractivity contribution in [2.24, 2.45) is 5.10 Å². The van der Waals surface area contributed by atoms with Crippen LogP contribution in [0.1, 0.15) is 34.7 Å². The van der Waals surface area contributed by atoms with Gasteiger partial charge in [-0.1, -0.05) is 90.0 Å². The van der Waals surface area contributed by atoms with Gasteiger partial charge >= 0.3 is 0 Å². The van der Waals surface area contributed by atoms with E-state index in [1.165, 1.54) is 11.1 Å². The maximum absolute atomic E-state index is 13.3. The average Bonchev–Trinajstić information content (AvgIpc) is 3.20. The summed E-state index contributed by atoms with van der Waals surface area (Å²) in [5.74, 6) is -0.0361. The number of rotatable bonds is 6. The molecule has 0 aromatic heterocycles. The lowest BCUT2D eigenvalue weighted by molar-refractivity contribution is -0.134. The summed E-state index contributed by atoms with van der Waals surface area (Å²) < 4.78 is 0. The number of nitrogens with zero attached hydrogens (tertiary/aromatic N) is 3. The molecule has 0 spiro atoms. The maximum atomic E-state index is 13.3. The molecule has 0 radical (unpaired) electrons. The van der Waals surface area contributed by atoms with Gasteiger partial charge in [-0.15, -0.1) is 0 Å². The van der Waals surface area contributed by atoms with E-state index in [0.717, 1.165) is 16.8 Å². The number of carbonyl (C=O) groups excluding carboxylic acids is 1. The summed E-state index contributed by atoms with van der Waals surface area (Å²) in [5, 5.41) is 7.05. The predicted molar refractivity (Wildman–Crippen MR) is 126 cm³/mol. The van der Waals surface area contributed by atoms with Crippen LogP contribution in [-0.2, 0) is 11.3 Å². The Morgan fingerprint density at radius 1 is 1.06 bits per heavy atom. The summed E-state index contributed by atoms with van der Waals surface area (Å²) in [4.78, 5) is 15.3. The molecule has 3 aromatic rings. The molecule has 0 aliphatic carbocycles. The number of amides is 1. The molecule has 4 nitrogen and oxygen atoms in total. The third kappa shape index (κ3) is 5.04. The lowest BCUT2D eigenvalue weighted by Crippen LogP contribution is -2.36. The van der Waals surface area contributed by atoms with E-state index in [2.05, 4.69) is 31.2 Å². The first-order valence-electron chi connectivity index (χ1n) is 10.4. The van der Waals surface area contributed by atoms with Crippen molar-refractivity contribution in [3.05, 3.63) is 106 Å². The molecule has 1 aliphatic heterocycles. The Balaban J connectivity index is 1.58. The number of aryl methyl sites for hydroxylation is 1. The monoisotopic (exact) mass is 431 g/mol. The molecule has 1 amide bonds. The van der Waals surface area contributed by atoms with Crippen molar-refractivity contribution in [3.63, 3.8) is 0 Å². The lowest BCUT2D eigenvalue weighted by atomic mass is 9.97. The van der Waals surface area contributed by atoms with Crippen molar-refractivity contribution >= 4 is 23.2 Å². The normalized spacial score (nSPS) is 15.9. The standard InChI is InChI=1S/C26H26ClN3O/c1-19-9-8-12-21(15-19)24-16-25(22-13-6-7-14-23(22)27)30(28-24)26(31)18-29(2)17-20-10-4-3-5-11-20/h3-15,25H,16-18H2,1-2H3. The van der Waals surface area contributed by atoms with E-state index in [9.17, 15) is 4.79 Å². The van der Waals surface area contributed by atoms with Crippen LogP contribution in [0.4, 0.5) is 0 Å². The Hall–Kier alpha value is -2.95. The molecule has 31 heavy (non-hydrogen) atoms. The summed E-state index contributed by atoms with van der Waals surface area (Å²) in [5.41, 5.74) is 5.22. The maximum Gasteiger partial charge on any atom is 0.257 e. The van der Waals surface area contributed by atoms with Gasteiger partial charge in [-0.05, 0) is 36.7 Å². The fraction of sp³-hybridized carbons (Fsp3) is 0.231. The highest BCUT2D eigenvalue weighted by Gasteiger charge is 2.34. The second-order valence-electron chi connectivity index (χ2n) is 8.05. The summed E-state index contributed by atoms with van der Waals surface area (Å²) in [6.07, 6.45) is 0.640. The first kappa shape index (κ1) is 21.3. The Bertz CT molecular complexity index is 1100. The fourth-order valence-electron chi connectivity index (χ4n) is 3.98. The number of likely N-dealkylation sites (N-methyl/N-ethyl adjacent to an activating group) is 1. The molecule has 1 aliphatic rings. The number of hydrogen-bond acceptors (Lipinski definition) is 3. The average molecular weight is 432 g/mol.